The molecule has 4 nitrogen and oxygen atoms in total. The number of aliphatic hydroxyl groups is 2. The normalized spacial score (nSPS) is 13.1. The molecule has 2 unspecified atom stereocenters. The van der Waals surface area contributed by atoms with Crippen molar-refractivity contribution in [2.24, 2.45) is 0 Å². The molecule has 0 aromatic heterocycles. The maximum Gasteiger partial charge on any atom is 0.220 e. The Labute approximate surface area is 477 Å². The Bertz CT molecular complexity index is 1250. The molecule has 2 atom stereocenters. The molecule has 0 fully saturated rings. The topological polar surface area (TPSA) is 69.6 Å². The van der Waals surface area contributed by atoms with Crippen LogP contribution in [-0.2, 0) is 4.79 Å². The highest BCUT2D eigenvalue weighted by Gasteiger charge is 2.18. The van der Waals surface area contributed by atoms with Crippen LogP contribution in [0.4, 0.5) is 0 Å². The summed E-state index contributed by atoms with van der Waals surface area (Å²) in [6, 6.07) is -0.625. The monoisotopic (exact) mass is 1060 g/mol. The number of carbonyl (C=O) groups is 1. The Hall–Kier alpha value is -1.91. The lowest BCUT2D eigenvalue weighted by Gasteiger charge is -2.20. The molecule has 0 aliphatic heterocycles. The summed E-state index contributed by atoms with van der Waals surface area (Å²) in [5, 5.41) is 23.3. The van der Waals surface area contributed by atoms with E-state index in [0.717, 1.165) is 51.4 Å². The number of unbranched alkanes of at least 4 members (excludes halogenated alkanes) is 49. The van der Waals surface area contributed by atoms with Gasteiger partial charge in [-0.3, -0.25) is 4.79 Å². The average molecular weight is 1060 g/mol. The van der Waals surface area contributed by atoms with Gasteiger partial charge in [0.25, 0.3) is 0 Å². The molecule has 0 radical (unpaired) electrons. The molecule has 76 heavy (non-hydrogen) atoms. The summed E-state index contributed by atoms with van der Waals surface area (Å²) in [6.45, 7) is 4.24. The SMILES string of the molecule is CC/C=C\C/C=C\C/C=C\C/C=C\CCCCCCCCCCCCCCCCCCCCC(=O)NC(CO)C(O)/C=C/CCCCCCCCCCCCCCCCCCCCCCCCCCCCCCCCC. The third kappa shape index (κ3) is 62.9. The molecule has 4 heteroatoms. The van der Waals surface area contributed by atoms with Crippen molar-refractivity contribution >= 4 is 5.91 Å². The lowest BCUT2D eigenvalue weighted by molar-refractivity contribution is -0.123. The molecule has 0 aliphatic carbocycles. The third-order valence-electron chi connectivity index (χ3n) is 16.0. The average Bonchev–Trinajstić information content (AvgIpc) is 3.42. The molecule has 0 spiro atoms. The van der Waals surface area contributed by atoms with E-state index in [9.17, 15) is 15.0 Å². The van der Waals surface area contributed by atoms with E-state index >= 15 is 0 Å². The Morgan fingerprint density at radius 3 is 0.868 bits per heavy atom. The number of hydrogen-bond donors (Lipinski definition) is 3. The summed E-state index contributed by atoms with van der Waals surface area (Å²) < 4.78 is 0. The molecule has 0 aliphatic rings. The van der Waals surface area contributed by atoms with Crippen LogP contribution >= 0.6 is 0 Å². The molecule has 0 aromatic carbocycles. The van der Waals surface area contributed by atoms with Gasteiger partial charge in [-0.25, -0.2) is 0 Å². The van der Waals surface area contributed by atoms with E-state index in [1.165, 1.54) is 302 Å². The van der Waals surface area contributed by atoms with Gasteiger partial charge in [-0.05, 0) is 57.8 Å². The second-order valence-corrected chi connectivity index (χ2v) is 23.6. The number of carbonyl (C=O) groups excluding carboxylic acids is 1. The van der Waals surface area contributed by atoms with Crippen molar-refractivity contribution in [3.8, 4) is 0 Å². The van der Waals surface area contributed by atoms with Gasteiger partial charge in [0, 0.05) is 6.42 Å². The van der Waals surface area contributed by atoms with Crippen molar-refractivity contribution in [1.29, 1.82) is 0 Å². The molecule has 1 amide bonds. The van der Waals surface area contributed by atoms with Crippen LogP contribution in [0.2, 0.25) is 0 Å². The Morgan fingerprint density at radius 2 is 0.579 bits per heavy atom. The Balaban J connectivity index is 3.43. The first kappa shape index (κ1) is 74.1. The van der Waals surface area contributed by atoms with E-state index in [2.05, 4.69) is 67.8 Å². The minimum Gasteiger partial charge on any atom is -0.394 e. The van der Waals surface area contributed by atoms with Crippen molar-refractivity contribution < 1.29 is 15.0 Å². The van der Waals surface area contributed by atoms with E-state index in [0.29, 0.717) is 6.42 Å². The van der Waals surface area contributed by atoms with Gasteiger partial charge in [0.1, 0.15) is 0 Å². The Morgan fingerprint density at radius 1 is 0.329 bits per heavy atom. The molecule has 0 aromatic rings. The van der Waals surface area contributed by atoms with Crippen molar-refractivity contribution in [1.82, 2.24) is 5.32 Å². The van der Waals surface area contributed by atoms with Crippen LogP contribution in [0.25, 0.3) is 0 Å². The lowest BCUT2D eigenvalue weighted by Crippen LogP contribution is -2.45. The van der Waals surface area contributed by atoms with Crippen molar-refractivity contribution in [3.05, 3.63) is 60.8 Å². The molecular formula is C72H135NO3. The zero-order chi connectivity index (χ0) is 54.8. The van der Waals surface area contributed by atoms with Crippen LogP contribution in [0.15, 0.2) is 60.8 Å². The molecule has 0 rings (SSSR count). The summed E-state index contributed by atoms with van der Waals surface area (Å²) >= 11 is 0. The first-order chi connectivity index (χ1) is 37.7. The highest BCUT2D eigenvalue weighted by molar-refractivity contribution is 5.76. The molecule has 446 valence electrons. The molecule has 0 saturated carbocycles. The molecular weight excluding hydrogens is 927 g/mol. The standard InChI is InChI=1S/C72H135NO3/c1-3-5-7-9-11-13-15-17-19-21-23-25-27-29-31-33-35-36-38-39-41-43-45-47-49-51-53-55-57-59-61-63-65-67-71(75)70(69-74)73-72(76)68-66-64-62-60-58-56-54-52-50-48-46-44-42-40-37-34-32-30-28-26-24-22-20-18-16-14-12-10-8-6-4-2/h6,8,12,14,18,20,24,26,65,67,70-71,74-75H,3-5,7,9-11,13,15-17,19,21-23,25,27-64,66,68-69H2,1-2H3,(H,73,76)/b8-6-,14-12-,20-18-,26-24-,67-65+. The fraction of sp³-hybridized carbons (Fsp3) is 0.847. The van der Waals surface area contributed by atoms with E-state index in [4.69, 9.17) is 0 Å². The van der Waals surface area contributed by atoms with Crippen LogP contribution in [0.5, 0.6) is 0 Å². The van der Waals surface area contributed by atoms with E-state index < -0.39 is 12.1 Å². The summed E-state index contributed by atoms with van der Waals surface area (Å²) in [5.41, 5.74) is 0. The fourth-order valence-corrected chi connectivity index (χ4v) is 10.8. The zero-order valence-electron chi connectivity index (χ0n) is 51.5. The van der Waals surface area contributed by atoms with Crippen LogP contribution in [-0.4, -0.2) is 34.9 Å². The number of nitrogens with one attached hydrogen (secondary N) is 1. The van der Waals surface area contributed by atoms with Crippen molar-refractivity contribution in [2.75, 3.05) is 6.61 Å². The second-order valence-electron chi connectivity index (χ2n) is 23.6. The first-order valence-corrected chi connectivity index (χ1v) is 34.5. The first-order valence-electron chi connectivity index (χ1n) is 34.5. The zero-order valence-corrected chi connectivity index (χ0v) is 51.5. The molecule has 0 saturated heterocycles. The summed E-state index contributed by atoms with van der Waals surface area (Å²) in [7, 11) is 0. The number of allylic oxidation sites excluding steroid dienone is 9. The second kappa shape index (κ2) is 67.4. The predicted octanol–water partition coefficient (Wildman–Crippen LogP) is 23.5. The largest absolute Gasteiger partial charge is 0.394 e. The van der Waals surface area contributed by atoms with E-state index in [1.807, 2.05) is 6.08 Å². The minimum atomic E-state index is -0.842. The smallest absolute Gasteiger partial charge is 0.220 e. The van der Waals surface area contributed by atoms with Gasteiger partial charge >= 0.3 is 0 Å². The maximum absolute atomic E-state index is 12.5. The van der Waals surface area contributed by atoms with Crippen LogP contribution in [0.1, 0.15) is 373 Å². The summed E-state index contributed by atoms with van der Waals surface area (Å²) in [5.74, 6) is -0.0585. The van der Waals surface area contributed by atoms with Gasteiger partial charge in [-0.1, -0.05) is 370 Å². The molecule has 0 bridgehead atoms. The predicted molar refractivity (Wildman–Crippen MR) is 341 cm³/mol. The van der Waals surface area contributed by atoms with Crippen molar-refractivity contribution in [3.63, 3.8) is 0 Å². The van der Waals surface area contributed by atoms with E-state index in [-0.39, 0.29) is 12.5 Å². The van der Waals surface area contributed by atoms with E-state index in [1.54, 1.807) is 6.08 Å². The summed E-state index contributed by atoms with van der Waals surface area (Å²) in [4.78, 5) is 12.5. The number of hydrogen-bond acceptors (Lipinski definition) is 3. The van der Waals surface area contributed by atoms with Gasteiger partial charge in [0.2, 0.25) is 5.91 Å². The number of aliphatic hydroxyl groups excluding tert-OH is 2. The van der Waals surface area contributed by atoms with Crippen LogP contribution in [0, 0.1) is 0 Å². The number of rotatable bonds is 64. The van der Waals surface area contributed by atoms with Crippen LogP contribution < -0.4 is 5.32 Å². The third-order valence-corrected chi connectivity index (χ3v) is 16.0. The van der Waals surface area contributed by atoms with Crippen LogP contribution in [0.3, 0.4) is 0 Å². The molecule has 0 heterocycles. The number of amides is 1. The van der Waals surface area contributed by atoms with Gasteiger partial charge in [-0.2, -0.15) is 0 Å². The van der Waals surface area contributed by atoms with Gasteiger partial charge in [0.05, 0.1) is 18.8 Å². The Kier molecular flexibility index (Phi) is 65.7. The summed E-state index contributed by atoms with van der Waals surface area (Å²) in [6.07, 6.45) is 95.9. The minimum absolute atomic E-state index is 0.0585. The highest BCUT2D eigenvalue weighted by atomic mass is 16.3. The quantitative estimate of drug-likeness (QED) is 0.0420. The highest BCUT2D eigenvalue weighted by Crippen LogP contribution is 2.19. The fourth-order valence-electron chi connectivity index (χ4n) is 10.8. The van der Waals surface area contributed by atoms with Gasteiger partial charge in [0.15, 0.2) is 0 Å². The maximum atomic E-state index is 12.5. The van der Waals surface area contributed by atoms with Gasteiger partial charge < -0.3 is 15.5 Å². The van der Waals surface area contributed by atoms with Gasteiger partial charge in [-0.15, -0.1) is 0 Å². The van der Waals surface area contributed by atoms with Crippen molar-refractivity contribution in [2.45, 2.75) is 386 Å². The lowest BCUT2D eigenvalue weighted by atomic mass is 10.0. The molecule has 3 N–H and O–H groups in total.